The summed E-state index contributed by atoms with van der Waals surface area (Å²) in [6.07, 6.45) is 2.45. The topological polar surface area (TPSA) is 0 Å². The van der Waals surface area contributed by atoms with E-state index in [9.17, 15) is 0 Å². The first-order valence-corrected chi connectivity index (χ1v) is 9.54. The minimum atomic E-state index is 0.202. The molecule has 0 fully saturated rings. The van der Waals surface area contributed by atoms with Crippen molar-refractivity contribution in [3.05, 3.63) is 34.9 Å². The minimum absolute atomic E-state index is 0.202. The van der Waals surface area contributed by atoms with Crippen LogP contribution in [0.1, 0.15) is 105 Å². The Morgan fingerprint density at radius 3 is 1.74 bits per heavy atom. The van der Waals surface area contributed by atoms with E-state index in [1.807, 2.05) is 0 Å². The van der Waals surface area contributed by atoms with Crippen LogP contribution in [0.2, 0.25) is 0 Å². The minimum Gasteiger partial charge on any atom is -0.0646 e. The zero-order chi connectivity index (χ0) is 18.0. The van der Waals surface area contributed by atoms with Gasteiger partial charge in [0.1, 0.15) is 0 Å². The van der Waals surface area contributed by atoms with Crippen molar-refractivity contribution in [2.45, 2.75) is 98.8 Å². The molecule has 1 atom stereocenters. The van der Waals surface area contributed by atoms with E-state index in [0.717, 1.165) is 5.92 Å². The standard InChI is InChI=1S/C23H40/c1-11-23(9,10)20-14-18(13-19(15-20)22(6,7)8)21(17(4)5)12-16(2)3/h13-17,21H,11-12H2,1-10H3. The third-order valence-corrected chi connectivity index (χ3v) is 5.44. The van der Waals surface area contributed by atoms with Gasteiger partial charge >= 0.3 is 0 Å². The second-order valence-corrected chi connectivity index (χ2v) is 9.81. The molecule has 0 nitrogen and oxygen atoms in total. The molecular weight excluding hydrogens is 276 g/mol. The molecule has 0 radical (unpaired) electrons. The van der Waals surface area contributed by atoms with Crippen molar-refractivity contribution >= 4 is 0 Å². The molecule has 0 aliphatic rings. The maximum absolute atomic E-state index is 2.51. The quantitative estimate of drug-likeness (QED) is 0.511. The predicted octanol–water partition coefficient (Wildman–Crippen LogP) is 7.46. The molecule has 0 heteroatoms. The van der Waals surface area contributed by atoms with E-state index in [4.69, 9.17) is 0 Å². The average Bonchev–Trinajstić information content (AvgIpc) is 2.42. The average molecular weight is 317 g/mol. The summed E-state index contributed by atoms with van der Waals surface area (Å²) in [5.41, 5.74) is 5.00. The highest BCUT2D eigenvalue weighted by molar-refractivity contribution is 5.39. The Labute approximate surface area is 146 Å². The summed E-state index contributed by atoms with van der Waals surface area (Å²) in [6.45, 7) is 23.5. The van der Waals surface area contributed by atoms with E-state index in [2.05, 4.69) is 87.4 Å². The van der Waals surface area contributed by atoms with Crippen LogP contribution in [-0.4, -0.2) is 0 Å². The second kappa shape index (κ2) is 7.41. The summed E-state index contributed by atoms with van der Waals surface area (Å²) >= 11 is 0. The van der Waals surface area contributed by atoms with E-state index in [1.54, 1.807) is 5.56 Å². The highest BCUT2D eigenvalue weighted by Crippen LogP contribution is 2.38. The van der Waals surface area contributed by atoms with Crippen LogP contribution in [0.4, 0.5) is 0 Å². The summed E-state index contributed by atoms with van der Waals surface area (Å²) in [5.74, 6) is 2.08. The molecule has 1 aromatic rings. The van der Waals surface area contributed by atoms with Crippen molar-refractivity contribution in [2.24, 2.45) is 11.8 Å². The Morgan fingerprint density at radius 2 is 1.35 bits per heavy atom. The lowest BCUT2D eigenvalue weighted by molar-refractivity contribution is 0.405. The number of rotatable bonds is 6. The molecule has 23 heavy (non-hydrogen) atoms. The molecule has 0 amide bonds. The van der Waals surface area contributed by atoms with Crippen LogP contribution >= 0.6 is 0 Å². The Balaban J connectivity index is 3.49. The largest absolute Gasteiger partial charge is 0.0646 e. The first-order chi connectivity index (χ1) is 10.4. The monoisotopic (exact) mass is 316 g/mol. The maximum Gasteiger partial charge on any atom is -0.0106 e. The highest BCUT2D eigenvalue weighted by atomic mass is 14.3. The molecule has 0 aliphatic carbocycles. The molecule has 0 N–H and O–H groups in total. The smallest absolute Gasteiger partial charge is 0.0106 e. The van der Waals surface area contributed by atoms with E-state index in [0.29, 0.717) is 11.8 Å². The van der Waals surface area contributed by atoms with Crippen LogP contribution in [0.25, 0.3) is 0 Å². The van der Waals surface area contributed by atoms with Crippen molar-refractivity contribution in [3.63, 3.8) is 0 Å². The van der Waals surface area contributed by atoms with Crippen molar-refractivity contribution in [2.75, 3.05) is 0 Å². The zero-order valence-electron chi connectivity index (χ0n) is 17.4. The summed E-state index contributed by atoms with van der Waals surface area (Å²) in [7, 11) is 0. The molecule has 0 saturated carbocycles. The van der Waals surface area contributed by atoms with Gasteiger partial charge in [-0.1, -0.05) is 87.4 Å². The number of hydrogen-bond acceptors (Lipinski definition) is 0. The number of benzene rings is 1. The summed E-state index contributed by atoms with van der Waals surface area (Å²) in [4.78, 5) is 0. The van der Waals surface area contributed by atoms with Gasteiger partial charge in [-0.15, -0.1) is 0 Å². The lowest BCUT2D eigenvalue weighted by Gasteiger charge is -2.31. The van der Waals surface area contributed by atoms with Gasteiger partial charge in [0.25, 0.3) is 0 Å². The third kappa shape index (κ3) is 5.37. The SMILES string of the molecule is CCC(C)(C)c1cc(C(CC(C)C)C(C)C)cc(C(C)(C)C)c1. The van der Waals surface area contributed by atoms with Crippen LogP contribution in [0.3, 0.4) is 0 Å². The van der Waals surface area contributed by atoms with Crippen molar-refractivity contribution < 1.29 is 0 Å². The maximum atomic E-state index is 2.51. The molecule has 0 heterocycles. The molecule has 1 rings (SSSR count). The molecule has 0 saturated heterocycles. The highest BCUT2D eigenvalue weighted by Gasteiger charge is 2.26. The fourth-order valence-electron chi connectivity index (χ4n) is 3.19. The van der Waals surface area contributed by atoms with Gasteiger partial charge < -0.3 is 0 Å². The third-order valence-electron chi connectivity index (χ3n) is 5.44. The van der Waals surface area contributed by atoms with Gasteiger partial charge in [-0.25, -0.2) is 0 Å². The second-order valence-electron chi connectivity index (χ2n) is 9.81. The molecular formula is C23H40. The van der Waals surface area contributed by atoms with Gasteiger partial charge in [0.15, 0.2) is 0 Å². The Morgan fingerprint density at radius 1 is 0.826 bits per heavy atom. The molecule has 0 bridgehead atoms. The Kier molecular flexibility index (Phi) is 6.53. The van der Waals surface area contributed by atoms with Gasteiger partial charge in [0.05, 0.1) is 0 Å². The normalized spacial score (nSPS) is 14.6. The molecule has 0 spiro atoms. The molecule has 0 aliphatic heterocycles. The van der Waals surface area contributed by atoms with Gasteiger partial charge in [0, 0.05) is 0 Å². The molecule has 1 unspecified atom stereocenters. The molecule has 1 aromatic carbocycles. The summed E-state index contributed by atoms with van der Waals surface area (Å²) < 4.78 is 0. The molecule has 132 valence electrons. The fraction of sp³-hybridized carbons (Fsp3) is 0.739. The molecule has 0 aromatic heterocycles. The van der Waals surface area contributed by atoms with Crippen LogP contribution in [0.15, 0.2) is 18.2 Å². The van der Waals surface area contributed by atoms with Crippen molar-refractivity contribution in [3.8, 4) is 0 Å². The zero-order valence-corrected chi connectivity index (χ0v) is 17.4. The van der Waals surface area contributed by atoms with E-state index in [-0.39, 0.29) is 10.8 Å². The van der Waals surface area contributed by atoms with Crippen molar-refractivity contribution in [1.82, 2.24) is 0 Å². The van der Waals surface area contributed by atoms with Crippen LogP contribution < -0.4 is 0 Å². The summed E-state index contributed by atoms with van der Waals surface area (Å²) in [6, 6.07) is 7.45. The Bertz CT molecular complexity index is 497. The predicted molar refractivity (Wildman–Crippen MR) is 105 cm³/mol. The van der Waals surface area contributed by atoms with E-state index in [1.165, 1.54) is 24.0 Å². The Hall–Kier alpha value is -0.780. The summed E-state index contributed by atoms with van der Waals surface area (Å²) in [5, 5.41) is 0. The lowest BCUT2D eigenvalue weighted by atomic mass is 9.74. The first-order valence-electron chi connectivity index (χ1n) is 9.54. The lowest BCUT2D eigenvalue weighted by Crippen LogP contribution is -2.20. The van der Waals surface area contributed by atoms with Crippen LogP contribution in [0, 0.1) is 11.8 Å². The van der Waals surface area contributed by atoms with Crippen LogP contribution in [-0.2, 0) is 10.8 Å². The van der Waals surface area contributed by atoms with Crippen LogP contribution in [0.5, 0.6) is 0 Å². The van der Waals surface area contributed by atoms with Gasteiger partial charge in [-0.05, 0) is 58.1 Å². The van der Waals surface area contributed by atoms with Gasteiger partial charge in [-0.3, -0.25) is 0 Å². The van der Waals surface area contributed by atoms with Crippen molar-refractivity contribution in [1.29, 1.82) is 0 Å². The van der Waals surface area contributed by atoms with Gasteiger partial charge in [0.2, 0.25) is 0 Å². The van der Waals surface area contributed by atoms with E-state index < -0.39 is 0 Å². The van der Waals surface area contributed by atoms with Gasteiger partial charge in [-0.2, -0.15) is 0 Å². The fourth-order valence-corrected chi connectivity index (χ4v) is 3.19. The first kappa shape index (κ1) is 20.3. The number of hydrogen-bond donors (Lipinski definition) is 0. The van der Waals surface area contributed by atoms with E-state index >= 15 is 0 Å².